The van der Waals surface area contributed by atoms with Crippen LogP contribution in [0.1, 0.15) is 25.5 Å². The predicted octanol–water partition coefficient (Wildman–Crippen LogP) is 2.74. The first-order chi connectivity index (χ1) is 7.34. The van der Waals surface area contributed by atoms with Crippen molar-refractivity contribution in [2.24, 2.45) is 11.7 Å². The number of hydrogen-bond donors (Lipinski definition) is 2. The van der Waals surface area contributed by atoms with E-state index in [-0.39, 0.29) is 11.5 Å². The molecule has 2 nitrogen and oxygen atoms in total. The van der Waals surface area contributed by atoms with Crippen molar-refractivity contribution in [3.63, 3.8) is 0 Å². The lowest BCUT2D eigenvalue weighted by Crippen LogP contribution is -2.32. The number of aliphatic hydroxyl groups is 1. The topological polar surface area (TPSA) is 46.2 Å². The number of nitrogens with two attached hydrogens (primary N) is 1. The maximum atomic E-state index is 13.5. The number of halogens is 3. The average Bonchev–Trinajstić information content (AvgIpc) is 2.14. The van der Waals surface area contributed by atoms with Crippen LogP contribution in [-0.4, -0.2) is 11.2 Å². The van der Waals surface area contributed by atoms with E-state index >= 15 is 0 Å². The summed E-state index contributed by atoms with van der Waals surface area (Å²) in [5.74, 6) is -1.67. The lowest BCUT2D eigenvalue weighted by atomic mass is 9.94. The van der Waals surface area contributed by atoms with Gasteiger partial charge in [-0.3, -0.25) is 0 Å². The lowest BCUT2D eigenvalue weighted by Gasteiger charge is -2.23. The third kappa shape index (κ3) is 2.78. The van der Waals surface area contributed by atoms with Crippen LogP contribution in [-0.2, 0) is 0 Å². The Morgan fingerprint density at radius 1 is 1.25 bits per heavy atom. The van der Waals surface area contributed by atoms with Crippen molar-refractivity contribution >= 4 is 15.9 Å². The molecule has 90 valence electrons. The number of aliphatic hydroxyl groups excluding tert-OH is 1. The largest absolute Gasteiger partial charge is 0.391 e. The first-order valence-corrected chi connectivity index (χ1v) is 5.72. The Morgan fingerprint density at radius 3 is 2.06 bits per heavy atom. The third-order valence-corrected chi connectivity index (χ3v) is 2.89. The van der Waals surface area contributed by atoms with Crippen LogP contribution in [0.3, 0.4) is 0 Å². The Balaban J connectivity index is 3.13. The third-order valence-electron chi connectivity index (χ3n) is 2.43. The van der Waals surface area contributed by atoms with E-state index in [9.17, 15) is 13.9 Å². The smallest absolute Gasteiger partial charge is 0.132 e. The standard InChI is InChI=1S/C11H14BrF2NO/c1-5(2)11(16)10(15)9-7(13)3-6(12)4-8(9)14/h3-5,10-11,16H,15H2,1-2H3/t10-,11+/m0/s1. The molecule has 1 aromatic rings. The van der Waals surface area contributed by atoms with Gasteiger partial charge in [0.05, 0.1) is 12.1 Å². The van der Waals surface area contributed by atoms with Crippen LogP contribution in [0.2, 0.25) is 0 Å². The zero-order valence-electron chi connectivity index (χ0n) is 9.05. The molecule has 0 unspecified atom stereocenters. The van der Waals surface area contributed by atoms with E-state index in [1.807, 2.05) is 0 Å². The number of rotatable bonds is 3. The maximum Gasteiger partial charge on any atom is 0.132 e. The number of benzene rings is 1. The van der Waals surface area contributed by atoms with Gasteiger partial charge in [-0.05, 0) is 18.1 Å². The van der Waals surface area contributed by atoms with Gasteiger partial charge in [-0.15, -0.1) is 0 Å². The van der Waals surface area contributed by atoms with Crippen molar-refractivity contribution < 1.29 is 13.9 Å². The van der Waals surface area contributed by atoms with Gasteiger partial charge in [-0.2, -0.15) is 0 Å². The van der Waals surface area contributed by atoms with Gasteiger partial charge in [0.2, 0.25) is 0 Å². The molecule has 0 aliphatic carbocycles. The Kier molecular flexibility index (Phi) is 4.41. The molecule has 0 aliphatic rings. The molecule has 0 saturated heterocycles. The molecule has 2 atom stereocenters. The van der Waals surface area contributed by atoms with Crippen molar-refractivity contribution in [3.8, 4) is 0 Å². The minimum atomic E-state index is -1.06. The molecular weight excluding hydrogens is 280 g/mol. The second-order valence-corrected chi connectivity index (χ2v) is 4.96. The summed E-state index contributed by atoms with van der Waals surface area (Å²) < 4.78 is 27.4. The predicted molar refractivity (Wildman–Crippen MR) is 61.8 cm³/mol. The van der Waals surface area contributed by atoms with Gasteiger partial charge >= 0.3 is 0 Å². The summed E-state index contributed by atoms with van der Waals surface area (Å²) >= 11 is 2.98. The quantitative estimate of drug-likeness (QED) is 0.900. The van der Waals surface area contributed by atoms with E-state index in [0.29, 0.717) is 4.47 Å². The van der Waals surface area contributed by atoms with E-state index in [0.717, 1.165) is 12.1 Å². The monoisotopic (exact) mass is 293 g/mol. The van der Waals surface area contributed by atoms with E-state index in [4.69, 9.17) is 5.73 Å². The summed E-state index contributed by atoms with van der Waals surface area (Å²) in [6.07, 6.45) is -0.981. The molecule has 1 aromatic carbocycles. The van der Waals surface area contributed by atoms with Crippen LogP contribution in [0.15, 0.2) is 16.6 Å². The second kappa shape index (κ2) is 5.21. The highest BCUT2D eigenvalue weighted by molar-refractivity contribution is 9.10. The maximum absolute atomic E-state index is 13.5. The summed E-state index contributed by atoms with van der Waals surface area (Å²) in [7, 11) is 0. The van der Waals surface area contributed by atoms with Crippen LogP contribution in [0.5, 0.6) is 0 Å². The highest BCUT2D eigenvalue weighted by Gasteiger charge is 2.26. The van der Waals surface area contributed by atoms with Gasteiger partial charge in [0.1, 0.15) is 11.6 Å². The zero-order valence-corrected chi connectivity index (χ0v) is 10.6. The van der Waals surface area contributed by atoms with Gasteiger partial charge in [0.25, 0.3) is 0 Å². The normalized spacial score (nSPS) is 15.2. The Hall–Kier alpha value is -0.520. The van der Waals surface area contributed by atoms with Gasteiger partial charge < -0.3 is 10.8 Å². The van der Waals surface area contributed by atoms with Crippen molar-refractivity contribution in [2.45, 2.75) is 26.0 Å². The average molecular weight is 294 g/mol. The van der Waals surface area contributed by atoms with E-state index in [2.05, 4.69) is 15.9 Å². The first-order valence-electron chi connectivity index (χ1n) is 4.92. The second-order valence-electron chi connectivity index (χ2n) is 4.04. The molecule has 3 N–H and O–H groups in total. The minimum absolute atomic E-state index is 0.169. The summed E-state index contributed by atoms with van der Waals surface area (Å²) in [6, 6.07) is 1.20. The fourth-order valence-electron chi connectivity index (χ4n) is 1.46. The SMILES string of the molecule is CC(C)[C@@H](O)[C@@H](N)c1c(F)cc(Br)cc1F. The molecule has 0 saturated carbocycles. The van der Waals surface area contributed by atoms with Crippen LogP contribution in [0, 0.1) is 17.6 Å². The highest BCUT2D eigenvalue weighted by atomic mass is 79.9. The summed E-state index contributed by atoms with van der Waals surface area (Å²) in [4.78, 5) is 0. The highest BCUT2D eigenvalue weighted by Crippen LogP contribution is 2.27. The van der Waals surface area contributed by atoms with Crippen molar-refractivity contribution in [2.75, 3.05) is 0 Å². The van der Waals surface area contributed by atoms with Crippen molar-refractivity contribution in [3.05, 3.63) is 33.8 Å². The van der Waals surface area contributed by atoms with E-state index in [1.165, 1.54) is 0 Å². The van der Waals surface area contributed by atoms with Crippen LogP contribution in [0.4, 0.5) is 8.78 Å². The zero-order chi connectivity index (χ0) is 12.5. The molecule has 0 spiro atoms. The molecule has 0 bridgehead atoms. The van der Waals surface area contributed by atoms with Gasteiger partial charge in [-0.25, -0.2) is 8.78 Å². The summed E-state index contributed by atoms with van der Waals surface area (Å²) in [5, 5.41) is 9.70. The molecular formula is C11H14BrF2NO. The van der Waals surface area contributed by atoms with Crippen LogP contribution >= 0.6 is 15.9 Å². The van der Waals surface area contributed by atoms with Crippen molar-refractivity contribution in [1.29, 1.82) is 0 Å². The lowest BCUT2D eigenvalue weighted by molar-refractivity contribution is 0.0952. The van der Waals surface area contributed by atoms with Crippen LogP contribution < -0.4 is 5.73 Å². The Bertz CT molecular complexity index is 361. The molecule has 0 heterocycles. The van der Waals surface area contributed by atoms with Crippen molar-refractivity contribution in [1.82, 2.24) is 0 Å². The van der Waals surface area contributed by atoms with E-state index < -0.39 is 23.8 Å². The molecule has 0 amide bonds. The molecule has 0 aromatic heterocycles. The summed E-state index contributed by atoms with van der Waals surface area (Å²) in [5.41, 5.74) is 5.37. The first kappa shape index (κ1) is 13.5. The molecule has 1 rings (SSSR count). The molecule has 16 heavy (non-hydrogen) atoms. The molecule has 0 aliphatic heterocycles. The fraction of sp³-hybridized carbons (Fsp3) is 0.455. The van der Waals surface area contributed by atoms with Gasteiger partial charge in [-0.1, -0.05) is 29.8 Å². The number of hydrogen-bond acceptors (Lipinski definition) is 2. The molecule has 0 radical (unpaired) electrons. The fourth-order valence-corrected chi connectivity index (χ4v) is 1.86. The minimum Gasteiger partial charge on any atom is -0.391 e. The summed E-state index contributed by atoms with van der Waals surface area (Å²) in [6.45, 7) is 3.47. The van der Waals surface area contributed by atoms with Crippen LogP contribution in [0.25, 0.3) is 0 Å². The molecule has 5 heteroatoms. The van der Waals surface area contributed by atoms with Gasteiger partial charge in [0.15, 0.2) is 0 Å². The Labute approximate surface area is 102 Å². The molecule has 0 fully saturated rings. The Morgan fingerprint density at radius 2 is 1.69 bits per heavy atom. The van der Waals surface area contributed by atoms with E-state index in [1.54, 1.807) is 13.8 Å². The van der Waals surface area contributed by atoms with Gasteiger partial charge in [0, 0.05) is 10.0 Å².